The molecule has 3 heterocycles. The van der Waals surface area contributed by atoms with Crippen LogP contribution in [-0.4, -0.2) is 54.5 Å². The van der Waals surface area contributed by atoms with Gasteiger partial charge in [0.25, 0.3) is 0 Å². The molecule has 136 valence electrons. The lowest BCUT2D eigenvalue weighted by Crippen LogP contribution is -2.37. The quantitative estimate of drug-likeness (QED) is 0.293. The Morgan fingerprint density at radius 2 is 2.15 bits per heavy atom. The van der Waals surface area contributed by atoms with Crippen LogP contribution in [-0.2, 0) is 4.74 Å². The van der Waals surface area contributed by atoms with E-state index in [9.17, 15) is 0 Å². The third-order valence-corrected chi connectivity index (χ3v) is 5.14. The number of halogens is 1. The molecule has 2 aromatic rings. The summed E-state index contributed by atoms with van der Waals surface area (Å²) >= 11 is 2.34. The van der Waals surface area contributed by atoms with Crippen LogP contribution >= 0.6 is 22.6 Å². The lowest BCUT2D eigenvalue weighted by molar-refractivity contribution is 0.122. The van der Waals surface area contributed by atoms with Gasteiger partial charge in [0.2, 0.25) is 0 Å². The minimum absolute atomic E-state index is 0.151. The molecular weight excluding hydrogens is 441 g/mol. The average molecular weight is 463 g/mol. The minimum Gasteiger partial charge on any atom is -0.378 e. The number of aliphatic imine (C=N–C) groups is 1. The second-order valence-corrected chi connectivity index (χ2v) is 7.28. The van der Waals surface area contributed by atoms with Gasteiger partial charge in [-0.2, -0.15) is 0 Å². The Kier molecular flexibility index (Phi) is 6.31. The minimum atomic E-state index is 0.151. The monoisotopic (exact) mass is 463 g/mol. The van der Waals surface area contributed by atoms with Gasteiger partial charge in [0.05, 0.1) is 22.7 Å². The Balaban J connectivity index is 2.14. The molecule has 6 nitrogen and oxygen atoms in total. The Hall–Kier alpha value is -1.87. The van der Waals surface area contributed by atoms with E-state index in [4.69, 9.17) is 14.7 Å². The number of fused-ring (bicyclic) bond motifs is 1. The van der Waals surface area contributed by atoms with Crippen LogP contribution in [0.25, 0.3) is 16.6 Å². The first kappa shape index (κ1) is 18.9. The second-order valence-electron chi connectivity index (χ2n) is 5.94. The summed E-state index contributed by atoms with van der Waals surface area (Å²) in [5.74, 6) is 1.48. The number of allylic oxidation sites excluding steroid dienone is 3. The molecule has 1 atom stereocenters. The van der Waals surface area contributed by atoms with E-state index in [1.165, 1.54) is 0 Å². The number of nitrogens with zero attached hydrogens (tertiary/aromatic N) is 5. The molecule has 0 aromatic carbocycles. The number of ether oxygens (including phenoxy) is 1. The normalized spacial score (nSPS) is 16.7. The van der Waals surface area contributed by atoms with Crippen molar-refractivity contribution in [2.24, 2.45) is 4.99 Å². The predicted molar refractivity (Wildman–Crippen MR) is 115 cm³/mol. The maximum Gasteiger partial charge on any atom is 0.161 e. The van der Waals surface area contributed by atoms with Gasteiger partial charge in [0.15, 0.2) is 11.6 Å². The number of pyridine rings is 1. The van der Waals surface area contributed by atoms with Crippen LogP contribution in [0.15, 0.2) is 36.0 Å². The fourth-order valence-corrected chi connectivity index (χ4v) is 3.46. The molecule has 1 unspecified atom stereocenters. The van der Waals surface area contributed by atoms with Crippen molar-refractivity contribution in [3.8, 4) is 0 Å². The van der Waals surface area contributed by atoms with Crippen molar-refractivity contribution in [1.82, 2.24) is 15.0 Å². The molecule has 0 bridgehead atoms. The van der Waals surface area contributed by atoms with Gasteiger partial charge in [-0.1, -0.05) is 41.3 Å². The van der Waals surface area contributed by atoms with Crippen molar-refractivity contribution in [1.29, 1.82) is 0 Å². The van der Waals surface area contributed by atoms with Gasteiger partial charge >= 0.3 is 0 Å². The number of aromatic nitrogens is 3. The molecule has 3 rings (SSSR count). The molecule has 0 N–H and O–H groups in total. The summed E-state index contributed by atoms with van der Waals surface area (Å²) in [6, 6.07) is 2.07. The summed E-state index contributed by atoms with van der Waals surface area (Å²) < 4.78 is 5.63. The Morgan fingerprint density at radius 1 is 1.38 bits per heavy atom. The average Bonchev–Trinajstić information content (AvgIpc) is 2.67. The van der Waals surface area contributed by atoms with Gasteiger partial charge in [-0.15, -0.1) is 0 Å². The summed E-state index contributed by atoms with van der Waals surface area (Å²) in [5.41, 5.74) is 3.49. The number of hydrogen-bond acceptors (Lipinski definition) is 6. The Bertz CT molecular complexity index is 858. The van der Waals surface area contributed by atoms with Crippen LogP contribution < -0.4 is 4.90 Å². The molecule has 0 radical (unpaired) electrons. The van der Waals surface area contributed by atoms with E-state index < -0.39 is 0 Å². The Labute approximate surface area is 167 Å². The number of hydrogen-bond donors (Lipinski definition) is 0. The van der Waals surface area contributed by atoms with Crippen LogP contribution in [0.5, 0.6) is 0 Å². The smallest absolute Gasteiger partial charge is 0.161 e. The third kappa shape index (κ3) is 4.09. The Morgan fingerprint density at radius 3 is 2.85 bits per heavy atom. The number of alkyl halides is 1. The van der Waals surface area contributed by atoms with Gasteiger partial charge in [0.1, 0.15) is 5.52 Å². The summed E-state index contributed by atoms with van der Waals surface area (Å²) in [7, 11) is 1.78. The van der Waals surface area contributed by atoms with Gasteiger partial charge < -0.3 is 9.64 Å². The molecule has 1 fully saturated rings. The largest absolute Gasteiger partial charge is 0.378 e. The zero-order valence-electron chi connectivity index (χ0n) is 15.0. The van der Waals surface area contributed by atoms with Crippen LogP contribution in [0, 0.1) is 0 Å². The molecule has 1 saturated heterocycles. The molecular formula is C19H22IN5O. The van der Waals surface area contributed by atoms with Crippen molar-refractivity contribution in [3.63, 3.8) is 0 Å². The van der Waals surface area contributed by atoms with Gasteiger partial charge in [0, 0.05) is 38.1 Å². The van der Waals surface area contributed by atoms with Crippen LogP contribution in [0.3, 0.4) is 0 Å². The van der Waals surface area contributed by atoms with Crippen molar-refractivity contribution in [2.45, 2.75) is 10.8 Å². The molecule has 0 spiro atoms. The topological polar surface area (TPSA) is 63.5 Å². The van der Waals surface area contributed by atoms with E-state index in [1.807, 2.05) is 31.5 Å². The number of morpholine rings is 1. The fraction of sp³-hybridized carbons (Fsp3) is 0.368. The van der Waals surface area contributed by atoms with Crippen LogP contribution in [0.1, 0.15) is 22.2 Å². The van der Waals surface area contributed by atoms with E-state index in [-0.39, 0.29) is 3.92 Å². The first-order valence-electron chi connectivity index (χ1n) is 8.52. The fourth-order valence-electron chi connectivity index (χ4n) is 2.80. The molecule has 0 saturated carbocycles. The highest BCUT2D eigenvalue weighted by Gasteiger charge is 2.19. The van der Waals surface area contributed by atoms with E-state index in [0.29, 0.717) is 19.0 Å². The SMILES string of the molecule is C=C(/C=C\C)c1nc(N2CCOCC2)c2ncc(C(I)C=NC)cc2n1. The third-order valence-electron chi connectivity index (χ3n) is 4.10. The highest BCUT2D eigenvalue weighted by atomic mass is 127. The van der Waals surface area contributed by atoms with Gasteiger partial charge in [-0.3, -0.25) is 9.98 Å². The zero-order valence-corrected chi connectivity index (χ0v) is 17.2. The van der Waals surface area contributed by atoms with Gasteiger partial charge in [-0.05, 0) is 18.6 Å². The first-order chi connectivity index (χ1) is 12.6. The molecule has 26 heavy (non-hydrogen) atoms. The zero-order chi connectivity index (χ0) is 18.5. The highest BCUT2D eigenvalue weighted by Crippen LogP contribution is 2.29. The first-order valence-corrected chi connectivity index (χ1v) is 9.77. The maximum absolute atomic E-state index is 5.48. The molecule has 0 amide bonds. The standard InChI is InChI=1S/C19H22IN5O/c1-4-5-13(2)18-23-16-10-14(15(20)12-21-3)11-22-17(16)19(24-18)25-6-8-26-9-7-25/h4-5,10-12,15H,2,6-9H2,1,3H3/b5-4-,21-12?. The summed E-state index contributed by atoms with van der Waals surface area (Å²) in [4.78, 5) is 20.5. The lowest BCUT2D eigenvalue weighted by atomic mass is 10.2. The highest BCUT2D eigenvalue weighted by molar-refractivity contribution is 14.1. The van der Waals surface area contributed by atoms with E-state index in [2.05, 4.69) is 50.1 Å². The van der Waals surface area contributed by atoms with Crippen LogP contribution in [0.2, 0.25) is 0 Å². The maximum atomic E-state index is 5.48. The van der Waals surface area contributed by atoms with Crippen molar-refractivity contribution >= 4 is 51.2 Å². The van der Waals surface area contributed by atoms with Crippen molar-refractivity contribution in [2.75, 3.05) is 38.3 Å². The summed E-state index contributed by atoms with van der Waals surface area (Å²) in [5, 5.41) is 0. The van der Waals surface area contributed by atoms with E-state index >= 15 is 0 Å². The molecule has 7 heteroatoms. The van der Waals surface area contributed by atoms with Crippen molar-refractivity contribution < 1.29 is 4.74 Å². The summed E-state index contributed by atoms with van der Waals surface area (Å²) in [6.07, 6.45) is 7.64. The van der Waals surface area contributed by atoms with E-state index in [0.717, 1.165) is 41.1 Å². The summed E-state index contributed by atoms with van der Waals surface area (Å²) in [6.45, 7) is 9.03. The predicted octanol–water partition coefficient (Wildman–Crippen LogP) is 3.63. The van der Waals surface area contributed by atoms with Crippen LogP contribution in [0.4, 0.5) is 5.82 Å². The molecule has 1 aliphatic heterocycles. The van der Waals surface area contributed by atoms with E-state index in [1.54, 1.807) is 7.05 Å². The number of anilines is 1. The van der Waals surface area contributed by atoms with Gasteiger partial charge in [-0.25, -0.2) is 9.97 Å². The van der Waals surface area contributed by atoms with Crippen molar-refractivity contribution in [3.05, 3.63) is 42.4 Å². The molecule has 0 aliphatic carbocycles. The lowest BCUT2D eigenvalue weighted by Gasteiger charge is -2.28. The second kappa shape index (κ2) is 8.68. The molecule has 1 aliphatic rings. The number of rotatable bonds is 5. The molecule has 2 aromatic heterocycles.